The molecule has 1 unspecified atom stereocenters. The van der Waals surface area contributed by atoms with Crippen molar-refractivity contribution in [3.8, 4) is 0 Å². The molecule has 1 atom stereocenters. The predicted octanol–water partition coefficient (Wildman–Crippen LogP) is 3.45. The average molecular weight is 197 g/mol. The van der Waals surface area contributed by atoms with Gasteiger partial charge in [0.05, 0.1) is 0 Å². The van der Waals surface area contributed by atoms with Crippen molar-refractivity contribution in [2.45, 2.75) is 59.9 Å². The molecule has 0 aromatic carbocycles. The Bertz CT molecular complexity index is 182. The molecule has 0 spiro atoms. The first-order valence-electron chi connectivity index (χ1n) is 6.01. The summed E-state index contributed by atoms with van der Waals surface area (Å²) < 4.78 is 0. The number of hydrogen-bond acceptors (Lipinski definition) is 1. The molecule has 1 aliphatic carbocycles. The maximum Gasteiger partial charge on any atom is 0.00967 e. The van der Waals surface area contributed by atoms with Crippen LogP contribution in [-0.4, -0.2) is 12.1 Å². The second kappa shape index (κ2) is 3.84. The van der Waals surface area contributed by atoms with Gasteiger partial charge in [0.1, 0.15) is 0 Å². The minimum Gasteiger partial charge on any atom is -0.312 e. The molecule has 14 heavy (non-hydrogen) atoms. The van der Waals surface area contributed by atoms with E-state index < -0.39 is 0 Å². The summed E-state index contributed by atoms with van der Waals surface area (Å²) in [5.41, 5.74) is 0.762. The molecule has 0 aromatic heterocycles. The Kier molecular flexibility index (Phi) is 3.30. The number of rotatable bonds is 4. The molecule has 0 amide bonds. The van der Waals surface area contributed by atoms with E-state index in [-0.39, 0.29) is 5.54 Å². The van der Waals surface area contributed by atoms with Crippen LogP contribution >= 0.6 is 0 Å². The van der Waals surface area contributed by atoms with Crippen LogP contribution in [0.15, 0.2) is 0 Å². The quantitative estimate of drug-likeness (QED) is 0.728. The third-order valence-electron chi connectivity index (χ3n) is 3.83. The van der Waals surface area contributed by atoms with Crippen LogP contribution in [-0.2, 0) is 0 Å². The molecule has 1 aliphatic rings. The Balaban J connectivity index is 2.52. The van der Waals surface area contributed by atoms with Gasteiger partial charge < -0.3 is 5.32 Å². The van der Waals surface area contributed by atoms with Crippen molar-refractivity contribution in [2.75, 3.05) is 6.54 Å². The molecule has 1 heteroatoms. The Hall–Kier alpha value is -0.0400. The topological polar surface area (TPSA) is 12.0 Å². The summed E-state index contributed by atoms with van der Waals surface area (Å²) in [4.78, 5) is 0. The molecule has 0 aliphatic heterocycles. The fraction of sp³-hybridized carbons (Fsp3) is 1.00. The van der Waals surface area contributed by atoms with Crippen molar-refractivity contribution in [1.29, 1.82) is 0 Å². The lowest BCUT2D eigenvalue weighted by atomic mass is 9.74. The summed E-state index contributed by atoms with van der Waals surface area (Å²) in [6.45, 7) is 15.1. The molecule has 1 nitrogen and oxygen atoms in total. The van der Waals surface area contributed by atoms with Gasteiger partial charge in [0.2, 0.25) is 0 Å². The van der Waals surface area contributed by atoms with Gasteiger partial charge in [-0.3, -0.25) is 0 Å². The van der Waals surface area contributed by atoms with Crippen LogP contribution in [0.25, 0.3) is 0 Å². The molecule has 1 saturated carbocycles. The highest BCUT2D eigenvalue weighted by Gasteiger charge is 2.43. The van der Waals surface area contributed by atoms with Crippen molar-refractivity contribution in [3.05, 3.63) is 0 Å². The van der Waals surface area contributed by atoms with Crippen LogP contribution in [0.1, 0.15) is 54.4 Å². The van der Waals surface area contributed by atoms with E-state index in [9.17, 15) is 0 Å². The van der Waals surface area contributed by atoms with Crippen LogP contribution in [0.3, 0.4) is 0 Å². The van der Waals surface area contributed by atoms with Crippen LogP contribution in [0.5, 0.6) is 0 Å². The zero-order valence-corrected chi connectivity index (χ0v) is 10.8. The first-order valence-corrected chi connectivity index (χ1v) is 6.01. The minimum absolute atomic E-state index is 0.255. The van der Waals surface area contributed by atoms with Crippen molar-refractivity contribution in [3.63, 3.8) is 0 Å². The fourth-order valence-corrected chi connectivity index (χ4v) is 2.02. The maximum absolute atomic E-state index is 3.67. The van der Waals surface area contributed by atoms with E-state index in [0.29, 0.717) is 5.41 Å². The van der Waals surface area contributed by atoms with Crippen LogP contribution in [0, 0.1) is 17.3 Å². The first kappa shape index (κ1) is 12.0. The molecule has 1 N–H and O–H groups in total. The lowest BCUT2D eigenvalue weighted by molar-refractivity contribution is 0.156. The molecule has 0 aromatic rings. The Morgan fingerprint density at radius 1 is 1.14 bits per heavy atom. The average Bonchev–Trinajstić information content (AvgIpc) is 2.80. The van der Waals surface area contributed by atoms with Crippen LogP contribution < -0.4 is 5.32 Å². The summed E-state index contributed by atoms with van der Waals surface area (Å²) >= 11 is 0. The van der Waals surface area contributed by atoms with Crippen molar-refractivity contribution in [1.82, 2.24) is 5.32 Å². The molecule has 1 fully saturated rings. The van der Waals surface area contributed by atoms with Gasteiger partial charge in [-0.1, -0.05) is 20.8 Å². The van der Waals surface area contributed by atoms with Gasteiger partial charge >= 0.3 is 0 Å². The van der Waals surface area contributed by atoms with E-state index in [1.165, 1.54) is 19.4 Å². The van der Waals surface area contributed by atoms with Gasteiger partial charge in [-0.15, -0.1) is 0 Å². The highest BCUT2D eigenvalue weighted by Crippen LogP contribution is 2.49. The molecule has 0 heterocycles. The lowest BCUT2D eigenvalue weighted by Gasteiger charge is -2.37. The molecule has 1 rings (SSSR count). The fourth-order valence-electron chi connectivity index (χ4n) is 2.02. The van der Waals surface area contributed by atoms with Gasteiger partial charge in [-0.2, -0.15) is 0 Å². The first-order chi connectivity index (χ1) is 6.26. The molecular weight excluding hydrogens is 170 g/mol. The van der Waals surface area contributed by atoms with E-state index in [2.05, 4.69) is 46.9 Å². The molecule has 0 saturated heterocycles. The summed E-state index contributed by atoms with van der Waals surface area (Å²) in [5.74, 6) is 1.75. The van der Waals surface area contributed by atoms with E-state index in [0.717, 1.165) is 11.8 Å². The summed E-state index contributed by atoms with van der Waals surface area (Å²) in [7, 11) is 0. The highest BCUT2D eigenvalue weighted by atomic mass is 15.0. The van der Waals surface area contributed by atoms with Gasteiger partial charge in [0.15, 0.2) is 0 Å². The number of hydrogen-bond donors (Lipinski definition) is 1. The van der Waals surface area contributed by atoms with Crippen molar-refractivity contribution < 1.29 is 0 Å². The van der Waals surface area contributed by atoms with E-state index >= 15 is 0 Å². The van der Waals surface area contributed by atoms with Crippen molar-refractivity contribution in [2.24, 2.45) is 17.3 Å². The third kappa shape index (κ3) is 2.98. The van der Waals surface area contributed by atoms with E-state index in [1.807, 2.05) is 0 Å². The SMILES string of the molecule is CC(C)C(C)(CNC(C)(C)C)C1CC1. The zero-order valence-electron chi connectivity index (χ0n) is 10.8. The summed E-state index contributed by atoms with van der Waals surface area (Å²) in [6.07, 6.45) is 2.89. The summed E-state index contributed by atoms with van der Waals surface area (Å²) in [6, 6.07) is 0. The Morgan fingerprint density at radius 2 is 1.64 bits per heavy atom. The molecular formula is C13H27N. The Labute approximate surface area is 89.7 Å². The second-order valence-corrected chi connectivity index (χ2v) is 6.54. The van der Waals surface area contributed by atoms with Gasteiger partial charge in [-0.05, 0) is 50.9 Å². The summed E-state index contributed by atoms with van der Waals surface area (Å²) in [5, 5.41) is 3.67. The molecule has 0 bridgehead atoms. The van der Waals surface area contributed by atoms with Crippen LogP contribution in [0.4, 0.5) is 0 Å². The minimum atomic E-state index is 0.255. The lowest BCUT2D eigenvalue weighted by Crippen LogP contribution is -2.45. The normalized spacial score (nSPS) is 22.5. The van der Waals surface area contributed by atoms with Gasteiger partial charge in [0, 0.05) is 12.1 Å². The standard InChI is InChI=1S/C13H27N/c1-10(2)13(6,11-7-8-11)9-14-12(3,4)5/h10-11,14H,7-9H2,1-6H3. The van der Waals surface area contributed by atoms with E-state index in [1.54, 1.807) is 0 Å². The van der Waals surface area contributed by atoms with Gasteiger partial charge in [-0.25, -0.2) is 0 Å². The zero-order chi connectivity index (χ0) is 11.0. The maximum atomic E-state index is 3.67. The van der Waals surface area contributed by atoms with Crippen molar-refractivity contribution >= 4 is 0 Å². The predicted molar refractivity (Wildman–Crippen MR) is 63.4 cm³/mol. The van der Waals surface area contributed by atoms with Crippen LogP contribution in [0.2, 0.25) is 0 Å². The Morgan fingerprint density at radius 3 is 1.93 bits per heavy atom. The van der Waals surface area contributed by atoms with Gasteiger partial charge in [0.25, 0.3) is 0 Å². The molecule has 84 valence electrons. The monoisotopic (exact) mass is 197 g/mol. The van der Waals surface area contributed by atoms with E-state index in [4.69, 9.17) is 0 Å². The smallest absolute Gasteiger partial charge is 0.00967 e. The molecule has 0 radical (unpaired) electrons. The second-order valence-electron chi connectivity index (χ2n) is 6.54. The highest BCUT2D eigenvalue weighted by molar-refractivity contribution is 4.95. The number of nitrogens with one attached hydrogen (secondary N) is 1. The third-order valence-corrected chi connectivity index (χ3v) is 3.83. The largest absolute Gasteiger partial charge is 0.312 e.